The minimum Gasteiger partial charge on any atom is -0.306 e. The molecular formula is C20H41BN2. The van der Waals surface area contributed by atoms with Crippen molar-refractivity contribution in [2.75, 3.05) is 26.2 Å². The second kappa shape index (κ2) is 8.38. The number of nitrogens with zero attached hydrogens (tertiary/aromatic N) is 2. The van der Waals surface area contributed by atoms with Crippen LogP contribution in [0, 0.1) is 5.41 Å². The van der Waals surface area contributed by atoms with Gasteiger partial charge in [-0.1, -0.05) is 47.5 Å². The van der Waals surface area contributed by atoms with Crippen LogP contribution in [0.5, 0.6) is 0 Å². The maximum Gasteiger partial charge on any atom is 0.0953 e. The minimum absolute atomic E-state index is 0.180. The molecule has 3 heteroatoms. The molecule has 0 N–H and O–H groups in total. The summed E-state index contributed by atoms with van der Waals surface area (Å²) in [7, 11) is 6.75. The normalized spacial score (nSPS) is 22.4. The molecule has 2 nitrogen and oxygen atoms in total. The summed E-state index contributed by atoms with van der Waals surface area (Å²) in [5.41, 5.74) is 0.481. The molecule has 2 radical (unpaired) electrons. The van der Waals surface area contributed by atoms with Gasteiger partial charge in [0.25, 0.3) is 0 Å². The Hall–Kier alpha value is -0.0151. The summed E-state index contributed by atoms with van der Waals surface area (Å²) in [6, 6.07) is 0. The molecule has 1 fully saturated rings. The van der Waals surface area contributed by atoms with Crippen molar-refractivity contribution in [1.29, 1.82) is 0 Å². The van der Waals surface area contributed by atoms with E-state index in [2.05, 4.69) is 58.3 Å². The Morgan fingerprint density at radius 2 is 1.30 bits per heavy atom. The second-order valence-electron chi connectivity index (χ2n) is 9.30. The SMILES string of the molecule is [B]C(C)(CC(C)(C)CC)N1CCCN(C(C)(C)CCC)CCC1. The molecule has 0 aromatic rings. The van der Waals surface area contributed by atoms with Crippen molar-refractivity contribution in [1.82, 2.24) is 9.80 Å². The molecule has 1 aliphatic rings. The molecule has 0 spiro atoms. The number of rotatable bonds is 7. The third kappa shape index (κ3) is 6.42. The van der Waals surface area contributed by atoms with Crippen molar-refractivity contribution < 1.29 is 0 Å². The molecule has 1 aliphatic heterocycles. The summed E-state index contributed by atoms with van der Waals surface area (Å²) in [5.74, 6) is 0. The van der Waals surface area contributed by atoms with Crippen LogP contribution < -0.4 is 0 Å². The van der Waals surface area contributed by atoms with E-state index in [1.165, 1.54) is 45.2 Å². The van der Waals surface area contributed by atoms with Crippen LogP contribution in [-0.2, 0) is 0 Å². The van der Waals surface area contributed by atoms with Gasteiger partial charge < -0.3 is 4.90 Å². The van der Waals surface area contributed by atoms with Gasteiger partial charge in [-0.3, -0.25) is 4.90 Å². The standard InChI is InChI=1S/C20H41BN2/c1-8-12-19(5,6)22-13-10-15-23(16-11-14-22)20(7,21)17-18(3,4)9-2/h8-17H2,1-7H3. The van der Waals surface area contributed by atoms with Crippen molar-refractivity contribution in [3.05, 3.63) is 0 Å². The van der Waals surface area contributed by atoms with E-state index in [0.717, 1.165) is 19.5 Å². The average Bonchev–Trinajstić information content (AvgIpc) is 2.36. The van der Waals surface area contributed by atoms with Crippen LogP contribution in [0.1, 0.15) is 87.0 Å². The zero-order valence-corrected chi connectivity index (χ0v) is 17.0. The molecule has 0 aromatic carbocycles. The van der Waals surface area contributed by atoms with E-state index in [-0.39, 0.29) is 5.44 Å². The van der Waals surface area contributed by atoms with Gasteiger partial charge in [0.05, 0.1) is 7.85 Å². The summed E-state index contributed by atoms with van der Waals surface area (Å²) in [5, 5.41) is 0. The Morgan fingerprint density at radius 1 is 0.826 bits per heavy atom. The van der Waals surface area contributed by atoms with Crippen LogP contribution in [-0.4, -0.2) is 54.8 Å². The van der Waals surface area contributed by atoms with Crippen LogP contribution in [0.25, 0.3) is 0 Å². The van der Waals surface area contributed by atoms with Crippen molar-refractivity contribution in [3.8, 4) is 0 Å². The van der Waals surface area contributed by atoms with Crippen LogP contribution >= 0.6 is 0 Å². The van der Waals surface area contributed by atoms with E-state index in [4.69, 9.17) is 7.85 Å². The molecule has 0 bridgehead atoms. The maximum atomic E-state index is 6.75. The Morgan fingerprint density at radius 3 is 1.74 bits per heavy atom. The predicted molar refractivity (Wildman–Crippen MR) is 104 cm³/mol. The molecule has 134 valence electrons. The van der Waals surface area contributed by atoms with Crippen molar-refractivity contribution in [2.45, 2.75) is 98.0 Å². The molecule has 1 saturated heterocycles. The van der Waals surface area contributed by atoms with E-state index in [1.54, 1.807) is 0 Å². The molecule has 1 heterocycles. The van der Waals surface area contributed by atoms with E-state index < -0.39 is 0 Å². The quantitative estimate of drug-likeness (QED) is 0.629. The highest BCUT2D eigenvalue weighted by atomic mass is 15.2. The molecule has 0 amide bonds. The Labute approximate surface area is 147 Å². The van der Waals surface area contributed by atoms with Gasteiger partial charge in [-0.15, -0.1) is 0 Å². The lowest BCUT2D eigenvalue weighted by molar-refractivity contribution is 0.0562. The first-order valence-corrected chi connectivity index (χ1v) is 9.83. The monoisotopic (exact) mass is 320 g/mol. The summed E-state index contributed by atoms with van der Waals surface area (Å²) in [6.45, 7) is 21.0. The molecule has 1 atom stereocenters. The highest BCUT2D eigenvalue weighted by Gasteiger charge is 2.33. The van der Waals surface area contributed by atoms with Crippen molar-refractivity contribution >= 4 is 7.85 Å². The Balaban J connectivity index is 2.63. The van der Waals surface area contributed by atoms with Gasteiger partial charge >= 0.3 is 0 Å². The zero-order chi connectivity index (χ0) is 17.7. The van der Waals surface area contributed by atoms with Crippen molar-refractivity contribution in [3.63, 3.8) is 0 Å². The fourth-order valence-corrected chi connectivity index (χ4v) is 4.22. The second-order valence-corrected chi connectivity index (χ2v) is 9.30. The zero-order valence-electron chi connectivity index (χ0n) is 17.0. The minimum atomic E-state index is -0.180. The first-order valence-electron chi connectivity index (χ1n) is 9.83. The lowest BCUT2D eigenvalue weighted by atomic mass is 9.66. The van der Waals surface area contributed by atoms with E-state index >= 15 is 0 Å². The Kier molecular flexibility index (Phi) is 7.66. The molecule has 0 aromatic heterocycles. The maximum absolute atomic E-state index is 6.75. The molecule has 1 unspecified atom stereocenters. The van der Waals surface area contributed by atoms with E-state index in [9.17, 15) is 0 Å². The summed E-state index contributed by atoms with van der Waals surface area (Å²) < 4.78 is 0. The average molecular weight is 320 g/mol. The van der Waals surface area contributed by atoms with Gasteiger partial charge in [-0.25, -0.2) is 0 Å². The third-order valence-corrected chi connectivity index (χ3v) is 5.95. The van der Waals surface area contributed by atoms with Crippen LogP contribution in [0.4, 0.5) is 0 Å². The Bertz CT molecular complexity index is 340. The van der Waals surface area contributed by atoms with Gasteiger partial charge in [-0.2, -0.15) is 0 Å². The fraction of sp³-hybridized carbons (Fsp3) is 1.00. The molecular weight excluding hydrogens is 279 g/mol. The van der Waals surface area contributed by atoms with E-state index in [0.29, 0.717) is 11.0 Å². The fourth-order valence-electron chi connectivity index (χ4n) is 4.22. The van der Waals surface area contributed by atoms with Crippen LogP contribution in [0.3, 0.4) is 0 Å². The lowest BCUT2D eigenvalue weighted by Crippen LogP contribution is -2.54. The topological polar surface area (TPSA) is 6.48 Å². The largest absolute Gasteiger partial charge is 0.306 e. The highest BCUT2D eigenvalue weighted by Crippen LogP contribution is 2.33. The van der Waals surface area contributed by atoms with Crippen molar-refractivity contribution in [2.24, 2.45) is 5.41 Å². The van der Waals surface area contributed by atoms with Gasteiger partial charge in [0.1, 0.15) is 0 Å². The summed E-state index contributed by atoms with van der Waals surface area (Å²) in [6.07, 6.45) is 7.27. The van der Waals surface area contributed by atoms with Crippen LogP contribution in [0.2, 0.25) is 0 Å². The summed E-state index contributed by atoms with van der Waals surface area (Å²) in [4.78, 5) is 5.26. The van der Waals surface area contributed by atoms with Gasteiger partial charge in [-0.05, 0) is 76.6 Å². The molecule has 23 heavy (non-hydrogen) atoms. The summed E-state index contributed by atoms with van der Waals surface area (Å²) >= 11 is 0. The highest BCUT2D eigenvalue weighted by molar-refractivity contribution is 6.15. The third-order valence-electron chi connectivity index (χ3n) is 5.95. The first-order chi connectivity index (χ1) is 10.5. The van der Waals surface area contributed by atoms with Gasteiger partial charge in [0, 0.05) is 5.54 Å². The predicted octanol–water partition coefficient (Wildman–Crippen LogP) is 4.67. The molecule has 0 saturated carbocycles. The number of hydrogen-bond donors (Lipinski definition) is 0. The number of hydrogen-bond acceptors (Lipinski definition) is 2. The lowest BCUT2D eigenvalue weighted by Gasteiger charge is -2.47. The van der Waals surface area contributed by atoms with Gasteiger partial charge in [0.15, 0.2) is 0 Å². The smallest absolute Gasteiger partial charge is 0.0953 e. The first kappa shape index (κ1) is 21.0. The molecule has 1 rings (SSSR count). The van der Waals surface area contributed by atoms with Crippen LogP contribution in [0.15, 0.2) is 0 Å². The van der Waals surface area contributed by atoms with Gasteiger partial charge in [0.2, 0.25) is 0 Å². The molecule has 0 aliphatic carbocycles. The van der Waals surface area contributed by atoms with E-state index in [1.807, 2.05) is 0 Å².